The average molecular weight is 357 g/mol. The van der Waals surface area contributed by atoms with E-state index in [1.807, 2.05) is 0 Å². The van der Waals surface area contributed by atoms with Gasteiger partial charge in [-0.15, -0.1) is 0 Å². The molecule has 24 heavy (non-hydrogen) atoms. The number of nitrogens with zero attached hydrogens (tertiary/aromatic N) is 2. The van der Waals surface area contributed by atoms with Crippen LogP contribution < -0.4 is 11.1 Å². The number of nitro groups is 1. The number of fused-ring (bicyclic) bond motifs is 1. The molecule has 0 saturated heterocycles. The molecule has 0 bridgehead atoms. The zero-order valence-corrected chi connectivity index (χ0v) is 13.9. The highest BCUT2D eigenvalue weighted by atomic mass is 31.2. The molecule has 130 valence electrons. The molecule has 2 aromatic rings. The van der Waals surface area contributed by atoms with Crippen molar-refractivity contribution in [2.45, 2.75) is 20.1 Å². The summed E-state index contributed by atoms with van der Waals surface area (Å²) in [6.07, 6.45) is -0.467. The lowest BCUT2D eigenvalue weighted by molar-refractivity contribution is -0.384. The van der Waals surface area contributed by atoms with Gasteiger partial charge >= 0.3 is 18.7 Å². The van der Waals surface area contributed by atoms with Gasteiger partial charge in [0.1, 0.15) is 6.29 Å². The van der Waals surface area contributed by atoms with Crippen molar-refractivity contribution in [3.8, 4) is 0 Å². The van der Waals surface area contributed by atoms with Crippen LogP contribution in [0.4, 0.5) is 5.69 Å². The molecule has 11 heteroatoms. The van der Waals surface area contributed by atoms with E-state index in [2.05, 4.69) is 4.98 Å². The van der Waals surface area contributed by atoms with E-state index in [9.17, 15) is 24.3 Å². The largest absolute Gasteiger partial charge is 0.350 e. The Balaban J connectivity index is 2.66. The van der Waals surface area contributed by atoms with Gasteiger partial charge < -0.3 is 14.0 Å². The van der Waals surface area contributed by atoms with Crippen LogP contribution in [0.2, 0.25) is 0 Å². The number of hydrogen-bond donors (Lipinski definition) is 1. The van der Waals surface area contributed by atoms with Gasteiger partial charge in [-0.05, 0) is 19.9 Å². The number of non-ortho nitro benzene ring substituents is 1. The maximum Gasteiger partial charge on any atom is 0.350 e. The van der Waals surface area contributed by atoms with Crippen LogP contribution in [0.3, 0.4) is 0 Å². The third kappa shape index (κ3) is 3.61. The second-order valence-corrected chi connectivity index (χ2v) is 6.75. The molecule has 1 aromatic carbocycles. The Morgan fingerprint density at radius 3 is 2.42 bits per heavy atom. The first-order valence-corrected chi connectivity index (χ1v) is 8.83. The van der Waals surface area contributed by atoms with Crippen LogP contribution in [0.1, 0.15) is 13.8 Å². The summed E-state index contributed by atoms with van der Waals surface area (Å²) in [4.78, 5) is 36.4. The molecule has 0 aliphatic rings. The van der Waals surface area contributed by atoms with E-state index in [4.69, 9.17) is 9.05 Å². The van der Waals surface area contributed by atoms with Gasteiger partial charge in [-0.3, -0.25) is 28.8 Å². The first-order chi connectivity index (χ1) is 11.3. The van der Waals surface area contributed by atoms with Crippen LogP contribution in [0, 0.1) is 10.1 Å². The number of aromatic amines is 1. The summed E-state index contributed by atoms with van der Waals surface area (Å²) >= 11 is 0. The number of hydrogen-bond acceptors (Lipinski definition) is 7. The molecule has 0 radical (unpaired) electrons. The van der Waals surface area contributed by atoms with Crippen molar-refractivity contribution in [2.75, 3.05) is 13.2 Å². The lowest BCUT2D eigenvalue weighted by Gasteiger charge is -2.18. The molecular weight excluding hydrogens is 341 g/mol. The SMILES string of the molecule is CCOP(=O)(Cn1c(=O)c(=O)[nH]c2cc([N+](=O)[O-])ccc21)OCC. The molecule has 1 N–H and O–H groups in total. The highest BCUT2D eigenvalue weighted by molar-refractivity contribution is 7.52. The molecular formula is C13H16N3O7P. The summed E-state index contributed by atoms with van der Waals surface area (Å²) in [6.45, 7) is 3.43. The van der Waals surface area contributed by atoms with Gasteiger partial charge in [0.2, 0.25) is 0 Å². The summed E-state index contributed by atoms with van der Waals surface area (Å²) in [5.41, 5.74) is -1.92. The smallest absolute Gasteiger partial charge is 0.316 e. The maximum absolute atomic E-state index is 12.6. The van der Waals surface area contributed by atoms with Crippen molar-refractivity contribution in [3.63, 3.8) is 0 Å². The topological polar surface area (TPSA) is 134 Å². The number of nitrogens with one attached hydrogen (secondary N) is 1. The van der Waals surface area contributed by atoms with Crippen molar-refractivity contribution in [1.82, 2.24) is 9.55 Å². The van der Waals surface area contributed by atoms with Crippen LogP contribution in [-0.2, 0) is 19.9 Å². The Hall–Kier alpha value is -2.29. The Bertz CT molecular complexity index is 923. The predicted octanol–water partition coefficient (Wildman–Crippen LogP) is 1.82. The second-order valence-electron chi connectivity index (χ2n) is 4.73. The number of rotatable bonds is 7. The molecule has 0 atom stereocenters. The van der Waals surface area contributed by atoms with Crippen LogP contribution in [0.5, 0.6) is 0 Å². The number of nitro benzene ring substituents is 1. The van der Waals surface area contributed by atoms with Crippen molar-refractivity contribution >= 4 is 24.3 Å². The van der Waals surface area contributed by atoms with Crippen LogP contribution in [0.25, 0.3) is 11.0 Å². The zero-order chi connectivity index (χ0) is 17.9. The number of aromatic nitrogens is 2. The molecule has 0 unspecified atom stereocenters. The van der Waals surface area contributed by atoms with E-state index in [1.54, 1.807) is 13.8 Å². The first-order valence-electron chi connectivity index (χ1n) is 7.10. The van der Waals surface area contributed by atoms with Gasteiger partial charge in [-0.25, -0.2) is 0 Å². The van der Waals surface area contributed by atoms with Crippen molar-refractivity contribution in [2.24, 2.45) is 0 Å². The molecule has 0 aliphatic carbocycles. The molecule has 1 heterocycles. The summed E-state index contributed by atoms with van der Waals surface area (Å²) in [5.74, 6) is 0. The van der Waals surface area contributed by atoms with Crippen LogP contribution in [-0.4, -0.2) is 27.7 Å². The van der Waals surface area contributed by atoms with Crippen molar-refractivity contribution < 1.29 is 18.5 Å². The van der Waals surface area contributed by atoms with Gasteiger partial charge in [0.05, 0.1) is 29.2 Å². The second kappa shape index (κ2) is 7.08. The minimum atomic E-state index is -3.65. The number of benzene rings is 1. The zero-order valence-electron chi connectivity index (χ0n) is 13.1. The first kappa shape index (κ1) is 18.1. The third-order valence-electron chi connectivity index (χ3n) is 3.14. The van der Waals surface area contributed by atoms with Crippen LogP contribution in [0.15, 0.2) is 27.8 Å². The summed E-state index contributed by atoms with van der Waals surface area (Å²) in [6, 6.07) is 3.61. The highest BCUT2D eigenvalue weighted by Gasteiger charge is 2.26. The Morgan fingerprint density at radius 1 is 1.25 bits per heavy atom. The van der Waals surface area contributed by atoms with E-state index in [0.717, 1.165) is 10.6 Å². The minimum Gasteiger partial charge on any atom is -0.316 e. The third-order valence-corrected chi connectivity index (χ3v) is 5.07. The molecule has 0 saturated carbocycles. The molecule has 2 rings (SSSR count). The van der Waals surface area contributed by atoms with Gasteiger partial charge in [-0.1, -0.05) is 0 Å². The molecule has 0 fully saturated rings. The van der Waals surface area contributed by atoms with Gasteiger partial charge in [0, 0.05) is 12.1 Å². The summed E-state index contributed by atoms with van der Waals surface area (Å²) in [5, 5.41) is 10.8. The van der Waals surface area contributed by atoms with E-state index in [1.165, 1.54) is 12.1 Å². The molecule has 1 aromatic heterocycles. The Kier molecular flexibility index (Phi) is 5.33. The van der Waals surface area contributed by atoms with Gasteiger partial charge in [-0.2, -0.15) is 0 Å². The summed E-state index contributed by atoms with van der Waals surface area (Å²) in [7, 11) is -3.65. The molecule has 0 spiro atoms. The summed E-state index contributed by atoms with van der Waals surface area (Å²) < 4.78 is 23.9. The van der Waals surface area contributed by atoms with Crippen molar-refractivity contribution in [3.05, 3.63) is 49.0 Å². The predicted molar refractivity (Wildman–Crippen MR) is 86.3 cm³/mol. The molecule has 10 nitrogen and oxygen atoms in total. The average Bonchev–Trinajstić information content (AvgIpc) is 2.51. The minimum absolute atomic E-state index is 0.0772. The Morgan fingerprint density at radius 2 is 1.88 bits per heavy atom. The molecule has 0 amide bonds. The van der Waals surface area contributed by atoms with E-state index in [-0.39, 0.29) is 29.9 Å². The normalized spacial score (nSPS) is 11.8. The Labute approximate surface area is 135 Å². The lowest BCUT2D eigenvalue weighted by Crippen LogP contribution is -2.36. The highest BCUT2D eigenvalue weighted by Crippen LogP contribution is 2.49. The monoisotopic (exact) mass is 357 g/mol. The fourth-order valence-corrected chi connectivity index (χ4v) is 3.86. The van der Waals surface area contributed by atoms with E-state index < -0.39 is 29.9 Å². The van der Waals surface area contributed by atoms with Crippen LogP contribution >= 0.6 is 7.60 Å². The van der Waals surface area contributed by atoms with Gasteiger partial charge in [0.15, 0.2) is 0 Å². The lowest BCUT2D eigenvalue weighted by atomic mass is 10.2. The maximum atomic E-state index is 12.6. The van der Waals surface area contributed by atoms with Crippen molar-refractivity contribution in [1.29, 1.82) is 0 Å². The van der Waals surface area contributed by atoms with E-state index >= 15 is 0 Å². The van der Waals surface area contributed by atoms with E-state index in [0.29, 0.717) is 0 Å². The number of H-pyrrole nitrogens is 1. The molecule has 0 aliphatic heterocycles. The standard InChI is InChI=1S/C13H16N3O7P/c1-3-22-24(21,23-4-2)8-15-11-6-5-9(16(19)20)7-10(11)14-12(17)13(15)18/h5-7H,3-4,8H2,1-2H3,(H,14,17). The quantitative estimate of drug-likeness (QED) is 0.346. The fourth-order valence-electron chi connectivity index (χ4n) is 2.21. The fraction of sp³-hybridized carbons (Fsp3) is 0.385. The van der Waals surface area contributed by atoms with Gasteiger partial charge in [0.25, 0.3) is 5.69 Å².